The molecule has 0 radical (unpaired) electrons. The number of hydrogen-bond acceptors (Lipinski definition) is 8. The molecular formula is C20H29N7O2. The molecule has 0 bridgehead atoms. The molecule has 1 amide bonds. The summed E-state index contributed by atoms with van der Waals surface area (Å²) in [6.07, 6.45) is 3.61. The number of aliphatic hydroxyl groups is 1. The summed E-state index contributed by atoms with van der Waals surface area (Å²) in [6.45, 7) is 1.96. The van der Waals surface area contributed by atoms with Gasteiger partial charge >= 0.3 is 0 Å². The van der Waals surface area contributed by atoms with Crippen LogP contribution in [0.3, 0.4) is 0 Å². The molecular weight excluding hydrogens is 370 g/mol. The first-order valence-electron chi connectivity index (χ1n) is 9.65. The van der Waals surface area contributed by atoms with E-state index in [1.165, 1.54) is 11.2 Å². The molecule has 1 saturated heterocycles. The van der Waals surface area contributed by atoms with Crippen LogP contribution in [0.1, 0.15) is 22.5 Å². The van der Waals surface area contributed by atoms with E-state index in [1.807, 2.05) is 26.2 Å². The second-order valence-corrected chi connectivity index (χ2v) is 7.82. The zero-order valence-corrected chi connectivity index (χ0v) is 17.4. The minimum atomic E-state index is -0.346. The molecule has 1 fully saturated rings. The van der Waals surface area contributed by atoms with Gasteiger partial charge in [0.05, 0.1) is 6.10 Å². The zero-order valence-electron chi connectivity index (χ0n) is 17.4. The van der Waals surface area contributed by atoms with Crippen molar-refractivity contribution < 1.29 is 9.90 Å². The predicted octanol–water partition coefficient (Wildman–Crippen LogP) is 0.687. The Morgan fingerprint density at radius 1 is 1.24 bits per heavy atom. The van der Waals surface area contributed by atoms with Crippen molar-refractivity contribution in [2.24, 2.45) is 0 Å². The molecule has 29 heavy (non-hydrogen) atoms. The van der Waals surface area contributed by atoms with Crippen molar-refractivity contribution in [1.82, 2.24) is 24.8 Å². The van der Waals surface area contributed by atoms with Gasteiger partial charge in [0, 0.05) is 52.0 Å². The van der Waals surface area contributed by atoms with E-state index in [4.69, 9.17) is 0 Å². The molecule has 3 rings (SSSR count). The molecule has 2 aromatic rings. The van der Waals surface area contributed by atoms with Crippen LogP contribution in [0.4, 0.5) is 11.6 Å². The molecule has 1 aliphatic rings. The summed E-state index contributed by atoms with van der Waals surface area (Å²) in [7, 11) is 7.46. The van der Waals surface area contributed by atoms with Gasteiger partial charge in [-0.25, -0.2) is 9.97 Å². The van der Waals surface area contributed by atoms with Gasteiger partial charge in [-0.15, -0.1) is 0 Å². The molecule has 2 aromatic heterocycles. The van der Waals surface area contributed by atoms with E-state index in [1.54, 1.807) is 26.4 Å². The summed E-state index contributed by atoms with van der Waals surface area (Å²) in [5.74, 6) is 1.38. The molecule has 0 aliphatic carbocycles. The van der Waals surface area contributed by atoms with Crippen LogP contribution in [0.25, 0.3) is 0 Å². The number of rotatable bonds is 7. The third kappa shape index (κ3) is 5.39. The number of carbonyl (C=O) groups excluding carboxylic acids is 1. The van der Waals surface area contributed by atoms with Crippen LogP contribution in [-0.4, -0.2) is 89.2 Å². The van der Waals surface area contributed by atoms with Crippen molar-refractivity contribution in [1.29, 1.82) is 0 Å². The van der Waals surface area contributed by atoms with Crippen LogP contribution >= 0.6 is 0 Å². The maximum atomic E-state index is 11.9. The first-order chi connectivity index (χ1) is 13.8. The maximum Gasteiger partial charge on any atom is 0.271 e. The zero-order chi connectivity index (χ0) is 21.0. The lowest BCUT2D eigenvalue weighted by Crippen LogP contribution is -2.38. The smallest absolute Gasteiger partial charge is 0.271 e. The fraction of sp³-hybridized carbons (Fsp3) is 0.500. The Morgan fingerprint density at radius 2 is 2.03 bits per heavy atom. The number of pyridine rings is 1. The number of aliphatic hydroxyl groups excluding tert-OH is 1. The van der Waals surface area contributed by atoms with Gasteiger partial charge in [0.25, 0.3) is 5.91 Å². The number of amides is 1. The molecule has 9 heteroatoms. The van der Waals surface area contributed by atoms with Crippen molar-refractivity contribution in [2.75, 3.05) is 51.5 Å². The number of hydrogen-bond donors (Lipinski definition) is 2. The molecule has 0 aromatic carbocycles. The van der Waals surface area contributed by atoms with Crippen LogP contribution < -0.4 is 10.2 Å². The fourth-order valence-corrected chi connectivity index (χ4v) is 3.45. The highest BCUT2D eigenvalue weighted by atomic mass is 16.3. The van der Waals surface area contributed by atoms with Gasteiger partial charge in [-0.05, 0) is 32.1 Å². The van der Waals surface area contributed by atoms with Crippen LogP contribution in [0.5, 0.6) is 0 Å². The van der Waals surface area contributed by atoms with E-state index in [2.05, 4.69) is 30.1 Å². The summed E-state index contributed by atoms with van der Waals surface area (Å²) in [5, 5.41) is 13.4. The van der Waals surface area contributed by atoms with Crippen LogP contribution in [-0.2, 0) is 6.54 Å². The van der Waals surface area contributed by atoms with Crippen LogP contribution in [0, 0.1) is 0 Å². The van der Waals surface area contributed by atoms with Crippen molar-refractivity contribution >= 4 is 17.5 Å². The third-order valence-electron chi connectivity index (χ3n) is 4.84. The van der Waals surface area contributed by atoms with Gasteiger partial charge in [0.15, 0.2) is 0 Å². The normalized spacial score (nSPS) is 18.9. The van der Waals surface area contributed by atoms with E-state index in [-0.39, 0.29) is 18.1 Å². The summed E-state index contributed by atoms with van der Waals surface area (Å²) in [4.78, 5) is 30.6. The minimum Gasteiger partial charge on any atom is -0.391 e. The molecule has 1 aliphatic heterocycles. The monoisotopic (exact) mass is 399 g/mol. The van der Waals surface area contributed by atoms with Crippen molar-refractivity contribution in [3.8, 4) is 0 Å². The maximum absolute atomic E-state index is 11.9. The van der Waals surface area contributed by atoms with E-state index in [0.717, 1.165) is 24.3 Å². The highest BCUT2D eigenvalue weighted by Crippen LogP contribution is 2.25. The van der Waals surface area contributed by atoms with E-state index >= 15 is 0 Å². The summed E-state index contributed by atoms with van der Waals surface area (Å²) in [5.41, 5.74) is 1.37. The van der Waals surface area contributed by atoms with Gasteiger partial charge < -0.3 is 25.1 Å². The minimum absolute atomic E-state index is 0.120. The number of β-amino-alcohol motifs (C(OH)–C–C–N with tert-alkyl or cyclic N) is 1. The third-order valence-corrected chi connectivity index (χ3v) is 4.84. The highest BCUT2D eigenvalue weighted by molar-refractivity contribution is 5.91. The second-order valence-electron chi connectivity index (χ2n) is 7.82. The number of likely N-dealkylation sites (N-methyl/N-ethyl adjacent to an activating group) is 1. The van der Waals surface area contributed by atoms with E-state index in [0.29, 0.717) is 24.6 Å². The molecule has 0 unspecified atom stereocenters. The fourth-order valence-electron chi connectivity index (χ4n) is 3.45. The van der Waals surface area contributed by atoms with Gasteiger partial charge in [0.2, 0.25) is 0 Å². The first-order valence-corrected chi connectivity index (χ1v) is 9.65. The first kappa shape index (κ1) is 20.9. The SMILES string of the molecule is CN(C)C[C@H]1C[C@@H](O)CN1c1cc(NCc2ccc(C(=O)N(C)C)nc2)ncn1. The number of nitrogens with zero attached hydrogens (tertiary/aromatic N) is 6. The summed E-state index contributed by atoms with van der Waals surface area (Å²) < 4.78 is 0. The standard InChI is InChI=1S/C20H29N7O2/c1-25(2)11-15-7-16(28)12-27(15)19-8-18(23-13-24-19)22-10-14-5-6-17(21-9-14)20(29)26(3)4/h5-6,8-9,13,15-16,28H,7,10-12H2,1-4H3,(H,22,23,24)/t15-,16-/m1/s1. The largest absolute Gasteiger partial charge is 0.391 e. The Balaban J connectivity index is 1.65. The number of anilines is 2. The Kier molecular flexibility index (Phi) is 6.60. The van der Waals surface area contributed by atoms with Crippen molar-refractivity contribution in [3.05, 3.63) is 42.0 Å². The van der Waals surface area contributed by atoms with Crippen LogP contribution in [0.2, 0.25) is 0 Å². The molecule has 0 spiro atoms. The summed E-state index contributed by atoms with van der Waals surface area (Å²) in [6, 6.07) is 5.72. The quantitative estimate of drug-likeness (QED) is 0.702. The van der Waals surface area contributed by atoms with E-state index in [9.17, 15) is 9.90 Å². The lowest BCUT2D eigenvalue weighted by atomic mass is 10.2. The van der Waals surface area contributed by atoms with Gasteiger partial charge in [-0.2, -0.15) is 0 Å². The van der Waals surface area contributed by atoms with Gasteiger partial charge in [-0.1, -0.05) is 6.07 Å². The Bertz CT molecular complexity index is 826. The Morgan fingerprint density at radius 3 is 2.69 bits per heavy atom. The number of nitrogens with one attached hydrogen (secondary N) is 1. The lowest BCUT2D eigenvalue weighted by molar-refractivity contribution is 0.0822. The molecule has 9 nitrogen and oxygen atoms in total. The summed E-state index contributed by atoms with van der Waals surface area (Å²) >= 11 is 0. The van der Waals surface area contributed by atoms with Gasteiger partial charge in [-0.3, -0.25) is 9.78 Å². The molecule has 0 saturated carbocycles. The van der Waals surface area contributed by atoms with Gasteiger partial charge in [0.1, 0.15) is 23.7 Å². The van der Waals surface area contributed by atoms with E-state index < -0.39 is 0 Å². The van der Waals surface area contributed by atoms with Crippen molar-refractivity contribution in [3.63, 3.8) is 0 Å². The highest BCUT2D eigenvalue weighted by Gasteiger charge is 2.32. The number of carbonyl (C=O) groups is 1. The lowest BCUT2D eigenvalue weighted by Gasteiger charge is -2.27. The average Bonchev–Trinajstić information content (AvgIpc) is 3.05. The van der Waals surface area contributed by atoms with Crippen molar-refractivity contribution in [2.45, 2.75) is 25.1 Å². The van der Waals surface area contributed by atoms with Crippen LogP contribution in [0.15, 0.2) is 30.7 Å². The average molecular weight is 399 g/mol. The molecule has 2 N–H and O–H groups in total. The Hall–Kier alpha value is -2.78. The Labute approximate surface area is 171 Å². The second kappa shape index (κ2) is 9.15. The molecule has 2 atom stereocenters. The molecule has 3 heterocycles. The molecule has 156 valence electrons. The predicted molar refractivity (Wildman–Crippen MR) is 112 cm³/mol. The number of aromatic nitrogens is 3. The topological polar surface area (TPSA) is 97.7 Å².